The van der Waals surface area contributed by atoms with Gasteiger partial charge in [-0.05, 0) is 36.8 Å². The Bertz CT molecular complexity index is 1240. The maximum atomic E-state index is 13.1. The molecule has 0 N–H and O–H groups in total. The van der Waals surface area contributed by atoms with Crippen LogP contribution in [0.15, 0.2) is 46.2 Å². The number of pyridine rings is 1. The van der Waals surface area contributed by atoms with Gasteiger partial charge in [0.15, 0.2) is 0 Å². The van der Waals surface area contributed by atoms with E-state index in [1.807, 2.05) is 0 Å². The minimum atomic E-state index is -3.88. The smallest absolute Gasteiger partial charge is 0.262 e. The van der Waals surface area contributed by atoms with Crippen molar-refractivity contribution >= 4 is 38.9 Å². The summed E-state index contributed by atoms with van der Waals surface area (Å²) in [7, 11) is -3.88. The minimum absolute atomic E-state index is 0.0108. The second kappa shape index (κ2) is 6.60. The molecule has 1 aromatic carbocycles. The highest BCUT2D eigenvalue weighted by Crippen LogP contribution is 2.31. The fourth-order valence-electron chi connectivity index (χ4n) is 3.20. The quantitative estimate of drug-likeness (QED) is 0.634. The van der Waals surface area contributed by atoms with Crippen molar-refractivity contribution in [2.45, 2.75) is 24.8 Å². The van der Waals surface area contributed by atoms with E-state index in [4.69, 9.17) is 23.2 Å². The topological polar surface area (TPSA) is 71.8 Å². The Hall–Kier alpha value is -1.93. The van der Waals surface area contributed by atoms with Crippen molar-refractivity contribution in [1.82, 2.24) is 13.7 Å². The normalized spacial score (nSPS) is 15.1. The zero-order valence-corrected chi connectivity index (χ0v) is 16.6. The van der Waals surface area contributed by atoms with Gasteiger partial charge in [-0.25, -0.2) is 13.4 Å². The van der Waals surface area contributed by atoms with Crippen molar-refractivity contribution in [3.63, 3.8) is 0 Å². The Morgan fingerprint density at radius 3 is 2.70 bits per heavy atom. The molecule has 4 rings (SSSR count). The molecule has 2 aromatic heterocycles. The van der Waals surface area contributed by atoms with Gasteiger partial charge in [-0.2, -0.15) is 4.31 Å². The lowest BCUT2D eigenvalue weighted by molar-refractivity contribution is 0.385. The molecule has 0 atom stereocenters. The predicted octanol–water partition coefficient (Wildman–Crippen LogP) is 3.06. The molecule has 9 heteroatoms. The predicted molar refractivity (Wildman–Crippen MR) is 104 cm³/mol. The molecule has 6 nitrogen and oxygen atoms in total. The van der Waals surface area contributed by atoms with Crippen molar-refractivity contribution in [3.8, 4) is 0 Å². The lowest BCUT2D eigenvalue weighted by Gasteiger charge is -2.27. The van der Waals surface area contributed by atoms with Crippen molar-refractivity contribution in [2.24, 2.45) is 0 Å². The van der Waals surface area contributed by atoms with Gasteiger partial charge in [0.1, 0.15) is 10.5 Å². The lowest BCUT2D eigenvalue weighted by Crippen LogP contribution is -2.40. The van der Waals surface area contributed by atoms with Gasteiger partial charge in [0.25, 0.3) is 5.56 Å². The van der Waals surface area contributed by atoms with Crippen molar-refractivity contribution < 1.29 is 8.42 Å². The van der Waals surface area contributed by atoms with E-state index in [1.165, 1.54) is 20.8 Å². The van der Waals surface area contributed by atoms with Gasteiger partial charge in [-0.3, -0.25) is 9.20 Å². The highest BCUT2D eigenvalue weighted by Gasteiger charge is 2.32. The van der Waals surface area contributed by atoms with Crippen LogP contribution in [0.3, 0.4) is 0 Å². The van der Waals surface area contributed by atoms with Gasteiger partial charge in [0.2, 0.25) is 10.0 Å². The zero-order chi connectivity index (χ0) is 19.3. The van der Waals surface area contributed by atoms with Crippen LogP contribution < -0.4 is 5.56 Å². The van der Waals surface area contributed by atoms with E-state index in [1.54, 1.807) is 31.3 Å². The van der Waals surface area contributed by atoms with Crippen LogP contribution in [0.2, 0.25) is 10.0 Å². The third kappa shape index (κ3) is 3.04. The van der Waals surface area contributed by atoms with E-state index in [0.29, 0.717) is 33.9 Å². The summed E-state index contributed by atoms with van der Waals surface area (Å²) in [5.74, 6) is 0. The number of benzene rings is 1. The second-order valence-corrected chi connectivity index (χ2v) is 9.11. The molecule has 0 radical (unpaired) electrons. The first-order valence-electron chi connectivity index (χ1n) is 8.24. The number of halogens is 2. The molecule has 0 unspecified atom stereocenters. The van der Waals surface area contributed by atoms with Crippen LogP contribution in [0.25, 0.3) is 5.65 Å². The third-order valence-corrected chi connectivity index (χ3v) is 7.39. The Labute approximate surface area is 166 Å². The fraction of sp³-hybridized carbons (Fsp3) is 0.222. The molecule has 0 saturated heterocycles. The number of fused-ring (bicyclic) bond motifs is 2. The van der Waals surface area contributed by atoms with E-state index >= 15 is 0 Å². The van der Waals surface area contributed by atoms with Crippen molar-refractivity contribution in [3.05, 3.63) is 73.7 Å². The Balaban J connectivity index is 1.79. The van der Waals surface area contributed by atoms with Gasteiger partial charge in [-0.15, -0.1) is 0 Å². The summed E-state index contributed by atoms with van der Waals surface area (Å²) in [4.78, 5) is 17.3. The molecule has 3 heterocycles. The van der Waals surface area contributed by atoms with Crippen LogP contribution >= 0.6 is 23.2 Å². The number of aryl methyl sites for hydroxylation is 1. The van der Waals surface area contributed by atoms with Crippen LogP contribution in [-0.2, 0) is 23.0 Å². The van der Waals surface area contributed by atoms with Crippen LogP contribution in [0.5, 0.6) is 0 Å². The Kier molecular flexibility index (Phi) is 4.50. The van der Waals surface area contributed by atoms with E-state index in [9.17, 15) is 13.2 Å². The van der Waals surface area contributed by atoms with Crippen LogP contribution in [0.4, 0.5) is 0 Å². The monoisotopic (exact) mass is 423 g/mol. The van der Waals surface area contributed by atoms with Gasteiger partial charge in [-0.1, -0.05) is 29.3 Å². The van der Waals surface area contributed by atoms with Gasteiger partial charge in [0, 0.05) is 30.7 Å². The zero-order valence-electron chi connectivity index (χ0n) is 14.3. The molecule has 1 aliphatic heterocycles. The first-order chi connectivity index (χ1) is 12.8. The molecule has 3 aromatic rings. The Morgan fingerprint density at radius 1 is 1.15 bits per heavy atom. The van der Waals surface area contributed by atoms with Crippen LogP contribution in [-0.4, -0.2) is 28.7 Å². The van der Waals surface area contributed by atoms with Crippen LogP contribution in [0.1, 0.15) is 16.8 Å². The van der Waals surface area contributed by atoms with E-state index in [2.05, 4.69) is 4.98 Å². The standard InChI is InChI=1S/C18H15Cl2N3O3S/c1-11-8-16(14(20)9-13(11)19)27(25,26)22-7-5-15-12(10-22)18(24)23-6-3-2-4-17(23)21-15/h2-4,6,8-9H,5,7,10H2,1H3. The number of hydrogen-bond acceptors (Lipinski definition) is 4. The first-order valence-corrected chi connectivity index (χ1v) is 10.4. The summed E-state index contributed by atoms with van der Waals surface area (Å²) >= 11 is 12.2. The highest BCUT2D eigenvalue weighted by molar-refractivity contribution is 7.89. The van der Waals surface area contributed by atoms with E-state index < -0.39 is 10.0 Å². The molecule has 27 heavy (non-hydrogen) atoms. The highest BCUT2D eigenvalue weighted by atomic mass is 35.5. The SMILES string of the molecule is Cc1cc(S(=O)(=O)N2CCc3nc4ccccn4c(=O)c3C2)c(Cl)cc1Cl. The van der Waals surface area contributed by atoms with Crippen molar-refractivity contribution in [2.75, 3.05) is 6.54 Å². The molecule has 1 aliphatic rings. The third-order valence-electron chi connectivity index (χ3n) is 4.68. The lowest BCUT2D eigenvalue weighted by atomic mass is 10.1. The summed E-state index contributed by atoms with van der Waals surface area (Å²) < 4.78 is 28.9. The summed E-state index contributed by atoms with van der Waals surface area (Å²) in [6.45, 7) is 1.90. The average Bonchev–Trinajstić information content (AvgIpc) is 2.64. The molecule has 0 saturated carbocycles. The average molecular weight is 424 g/mol. The molecular weight excluding hydrogens is 409 g/mol. The van der Waals surface area contributed by atoms with Gasteiger partial charge >= 0.3 is 0 Å². The maximum absolute atomic E-state index is 13.1. The van der Waals surface area contributed by atoms with Gasteiger partial charge in [0.05, 0.1) is 16.3 Å². The minimum Gasteiger partial charge on any atom is -0.269 e. The van der Waals surface area contributed by atoms with Crippen molar-refractivity contribution in [1.29, 1.82) is 0 Å². The largest absolute Gasteiger partial charge is 0.269 e. The molecule has 0 aliphatic carbocycles. The van der Waals surface area contributed by atoms with Gasteiger partial charge < -0.3 is 0 Å². The van der Waals surface area contributed by atoms with E-state index in [-0.39, 0.29) is 28.6 Å². The number of aromatic nitrogens is 2. The summed E-state index contributed by atoms with van der Waals surface area (Å²) in [6, 6.07) is 8.17. The second-order valence-electron chi connectivity index (χ2n) is 6.39. The van der Waals surface area contributed by atoms with E-state index in [0.717, 1.165) is 0 Å². The maximum Gasteiger partial charge on any atom is 0.262 e. The number of hydrogen-bond donors (Lipinski definition) is 0. The van der Waals surface area contributed by atoms with Crippen LogP contribution in [0, 0.1) is 6.92 Å². The molecule has 0 amide bonds. The fourth-order valence-corrected chi connectivity index (χ4v) is 5.41. The molecule has 0 bridgehead atoms. The summed E-state index contributed by atoms with van der Waals surface area (Å²) in [6.07, 6.45) is 1.98. The Morgan fingerprint density at radius 2 is 1.93 bits per heavy atom. The summed E-state index contributed by atoms with van der Waals surface area (Å²) in [5.41, 5.74) is 1.93. The summed E-state index contributed by atoms with van der Waals surface area (Å²) in [5, 5.41) is 0.460. The molecule has 0 spiro atoms. The molecule has 0 fully saturated rings. The number of rotatable bonds is 2. The molecule has 140 valence electrons. The number of nitrogens with zero attached hydrogens (tertiary/aromatic N) is 3. The molecular formula is C18H15Cl2N3O3S. The first kappa shape index (κ1) is 18.4. The number of sulfonamides is 1.